The zero-order chi connectivity index (χ0) is 24.0. The molecule has 1 saturated heterocycles. The molecule has 0 unspecified atom stereocenters. The fourth-order valence-corrected chi connectivity index (χ4v) is 4.72. The van der Waals surface area contributed by atoms with E-state index in [1.165, 1.54) is 5.56 Å². The van der Waals surface area contributed by atoms with Gasteiger partial charge >= 0.3 is 0 Å². The third-order valence-corrected chi connectivity index (χ3v) is 6.44. The van der Waals surface area contributed by atoms with E-state index in [0.717, 1.165) is 49.9 Å². The Kier molecular flexibility index (Phi) is 7.06. The van der Waals surface area contributed by atoms with Crippen molar-refractivity contribution in [3.8, 4) is 11.5 Å². The molecule has 2 aromatic heterocycles. The van der Waals surface area contributed by atoms with Gasteiger partial charge in [-0.15, -0.1) is 5.10 Å². The van der Waals surface area contributed by atoms with Crippen molar-refractivity contribution in [2.45, 2.75) is 19.1 Å². The molecule has 0 bridgehead atoms. The minimum Gasteiger partial charge on any atom is -0.493 e. The van der Waals surface area contributed by atoms with Crippen LogP contribution in [0.4, 0.5) is 0 Å². The Bertz CT molecular complexity index is 1200. The first-order valence-electron chi connectivity index (χ1n) is 11.8. The quantitative estimate of drug-likeness (QED) is 0.366. The number of para-hydroxylation sites is 1. The van der Waals surface area contributed by atoms with E-state index in [1.54, 1.807) is 25.2 Å². The van der Waals surface area contributed by atoms with Gasteiger partial charge in [0.2, 0.25) is 0 Å². The molecule has 1 fully saturated rings. The van der Waals surface area contributed by atoms with Gasteiger partial charge in [-0.3, -0.25) is 9.80 Å². The van der Waals surface area contributed by atoms with Crippen molar-refractivity contribution in [1.29, 1.82) is 0 Å². The maximum absolute atomic E-state index is 5.82. The highest BCUT2D eigenvalue weighted by atomic mass is 16.5. The van der Waals surface area contributed by atoms with Gasteiger partial charge in [-0.1, -0.05) is 42.5 Å². The Labute approximate surface area is 204 Å². The molecule has 3 heterocycles. The Morgan fingerprint density at radius 3 is 2.43 bits per heavy atom. The standard InChI is InChI=1S/C26H30N6O3/c1-33-23-12-6-11-22(25(23)34-2)24(26-27-28-29-32(26)19-21-10-7-17-35-21)31-15-13-30(14-16-31)18-20-8-4-3-5-9-20/h3-12,17,24H,13-16,18-19H2,1-2H3/t24-/m0/s1. The predicted molar refractivity (Wildman–Crippen MR) is 130 cm³/mol. The number of piperazine rings is 1. The minimum atomic E-state index is -0.205. The zero-order valence-electron chi connectivity index (χ0n) is 20.1. The number of ether oxygens (including phenoxy) is 2. The van der Waals surface area contributed by atoms with Crippen molar-refractivity contribution < 1.29 is 13.9 Å². The first-order chi connectivity index (χ1) is 17.3. The van der Waals surface area contributed by atoms with Crippen molar-refractivity contribution in [3.63, 3.8) is 0 Å². The Balaban J connectivity index is 1.45. The summed E-state index contributed by atoms with van der Waals surface area (Å²) in [5.41, 5.74) is 2.30. The highest BCUT2D eigenvalue weighted by Gasteiger charge is 2.33. The van der Waals surface area contributed by atoms with Crippen molar-refractivity contribution in [2.24, 2.45) is 0 Å². The van der Waals surface area contributed by atoms with Crippen LogP contribution >= 0.6 is 0 Å². The molecule has 0 amide bonds. The number of tetrazole rings is 1. The number of furan rings is 1. The first kappa shape index (κ1) is 23.1. The van der Waals surface area contributed by atoms with E-state index >= 15 is 0 Å². The molecule has 0 radical (unpaired) electrons. The molecule has 35 heavy (non-hydrogen) atoms. The highest BCUT2D eigenvalue weighted by molar-refractivity contribution is 5.49. The number of aromatic nitrogens is 4. The summed E-state index contributed by atoms with van der Waals surface area (Å²) < 4.78 is 18.8. The average Bonchev–Trinajstić information content (AvgIpc) is 3.58. The van der Waals surface area contributed by atoms with Gasteiger partial charge in [-0.2, -0.15) is 0 Å². The summed E-state index contributed by atoms with van der Waals surface area (Å²) in [5.74, 6) is 2.91. The van der Waals surface area contributed by atoms with E-state index in [1.807, 2.05) is 24.3 Å². The lowest BCUT2D eigenvalue weighted by Crippen LogP contribution is -2.48. The highest BCUT2D eigenvalue weighted by Crippen LogP contribution is 2.39. The summed E-state index contributed by atoms with van der Waals surface area (Å²) in [6.45, 7) is 5.01. The lowest BCUT2D eigenvalue weighted by molar-refractivity contribution is 0.0990. The van der Waals surface area contributed by atoms with Gasteiger partial charge in [0.05, 0.1) is 20.5 Å². The Morgan fingerprint density at radius 1 is 0.886 bits per heavy atom. The van der Waals surface area contributed by atoms with Crippen LogP contribution in [0.15, 0.2) is 71.3 Å². The van der Waals surface area contributed by atoms with Gasteiger partial charge < -0.3 is 13.9 Å². The number of hydrogen-bond acceptors (Lipinski definition) is 8. The largest absolute Gasteiger partial charge is 0.493 e. The molecule has 4 aromatic rings. The number of benzene rings is 2. The fourth-order valence-electron chi connectivity index (χ4n) is 4.72. The zero-order valence-corrected chi connectivity index (χ0v) is 20.1. The smallest absolute Gasteiger partial charge is 0.173 e. The lowest BCUT2D eigenvalue weighted by Gasteiger charge is -2.39. The van der Waals surface area contributed by atoms with E-state index < -0.39 is 0 Å². The number of rotatable bonds is 9. The molecule has 0 saturated carbocycles. The van der Waals surface area contributed by atoms with E-state index in [2.05, 4.69) is 61.7 Å². The van der Waals surface area contributed by atoms with Gasteiger partial charge in [0, 0.05) is 38.3 Å². The first-order valence-corrected chi connectivity index (χ1v) is 11.8. The van der Waals surface area contributed by atoms with Crippen LogP contribution < -0.4 is 9.47 Å². The van der Waals surface area contributed by atoms with E-state index in [4.69, 9.17) is 13.9 Å². The number of hydrogen-bond donors (Lipinski definition) is 0. The van der Waals surface area contributed by atoms with Gasteiger partial charge in [-0.05, 0) is 34.2 Å². The fraction of sp³-hybridized carbons (Fsp3) is 0.346. The van der Waals surface area contributed by atoms with Crippen molar-refractivity contribution in [3.05, 3.63) is 89.6 Å². The number of nitrogens with zero attached hydrogens (tertiary/aromatic N) is 6. The third kappa shape index (κ3) is 5.06. The Hall–Kier alpha value is -3.69. The van der Waals surface area contributed by atoms with E-state index in [0.29, 0.717) is 18.0 Å². The molecule has 9 heteroatoms. The topological polar surface area (TPSA) is 81.7 Å². The molecule has 0 N–H and O–H groups in total. The summed E-state index contributed by atoms with van der Waals surface area (Å²) in [7, 11) is 3.32. The third-order valence-electron chi connectivity index (χ3n) is 6.44. The SMILES string of the molecule is COc1cccc([C@@H](c2nnnn2Cc2ccco2)N2CCN(Cc3ccccc3)CC2)c1OC. The molecular weight excluding hydrogens is 444 g/mol. The normalized spacial score (nSPS) is 15.7. The van der Waals surface area contributed by atoms with Crippen molar-refractivity contribution in [1.82, 2.24) is 30.0 Å². The van der Waals surface area contributed by atoms with Gasteiger partial charge in [-0.25, -0.2) is 4.68 Å². The molecule has 1 atom stereocenters. The molecule has 0 spiro atoms. The van der Waals surface area contributed by atoms with Crippen molar-refractivity contribution >= 4 is 0 Å². The van der Waals surface area contributed by atoms with E-state index in [-0.39, 0.29) is 6.04 Å². The monoisotopic (exact) mass is 474 g/mol. The second kappa shape index (κ2) is 10.7. The molecule has 182 valence electrons. The minimum absolute atomic E-state index is 0.205. The lowest BCUT2D eigenvalue weighted by atomic mass is 10.0. The Morgan fingerprint density at radius 2 is 1.71 bits per heavy atom. The van der Waals surface area contributed by atoms with E-state index in [9.17, 15) is 0 Å². The second-order valence-corrected chi connectivity index (χ2v) is 8.56. The molecule has 1 aliphatic rings. The second-order valence-electron chi connectivity index (χ2n) is 8.56. The summed E-state index contributed by atoms with van der Waals surface area (Å²) in [6, 6.07) is 20.1. The molecule has 0 aliphatic carbocycles. The van der Waals surface area contributed by atoms with Crippen LogP contribution in [-0.2, 0) is 13.1 Å². The molecule has 5 rings (SSSR count). The molecule has 9 nitrogen and oxygen atoms in total. The van der Waals surface area contributed by atoms with Crippen LogP contribution in [0, 0.1) is 0 Å². The summed E-state index contributed by atoms with van der Waals surface area (Å²) in [5, 5.41) is 12.8. The van der Waals surface area contributed by atoms with Gasteiger partial charge in [0.1, 0.15) is 18.3 Å². The van der Waals surface area contributed by atoms with Crippen LogP contribution in [0.1, 0.15) is 28.8 Å². The summed E-state index contributed by atoms with van der Waals surface area (Å²) >= 11 is 0. The maximum atomic E-state index is 5.82. The maximum Gasteiger partial charge on any atom is 0.173 e. The number of methoxy groups -OCH3 is 2. The van der Waals surface area contributed by atoms with Crippen LogP contribution in [0.3, 0.4) is 0 Å². The average molecular weight is 475 g/mol. The van der Waals surface area contributed by atoms with Gasteiger partial charge in [0.25, 0.3) is 0 Å². The van der Waals surface area contributed by atoms with Crippen LogP contribution in [0.2, 0.25) is 0 Å². The van der Waals surface area contributed by atoms with Gasteiger partial charge in [0.15, 0.2) is 17.3 Å². The van der Waals surface area contributed by atoms with Crippen LogP contribution in [0.25, 0.3) is 0 Å². The van der Waals surface area contributed by atoms with Crippen LogP contribution in [-0.4, -0.2) is 70.4 Å². The summed E-state index contributed by atoms with van der Waals surface area (Å²) in [4.78, 5) is 4.90. The molecular formula is C26H30N6O3. The summed E-state index contributed by atoms with van der Waals surface area (Å²) in [6.07, 6.45) is 1.66. The molecule has 1 aliphatic heterocycles. The predicted octanol–water partition coefficient (Wildman–Crippen LogP) is 3.24. The van der Waals surface area contributed by atoms with Crippen LogP contribution in [0.5, 0.6) is 11.5 Å². The van der Waals surface area contributed by atoms with Crippen molar-refractivity contribution in [2.75, 3.05) is 40.4 Å². The molecule has 2 aromatic carbocycles.